The second kappa shape index (κ2) is 6.98. The van der Waals surface area contributed by atoms with Gasteiger partial charge in [-0.3, -0.25) is 0 Å². The van der Waals surface area contributed by atoms with Crippen molar-refractivity contribution in [1.82, 2.24) is 9.97 Å². The van der Waals surface area contributed by atoms with Crippen molar-refractivity contribution in [2.75, 3.05) is 19.0 Å². The highest BCUT2D eigenvalue weighted by atomic mass is 32.1. The van der Waals surface area contributed by atoms with Crippen molar-refractivity contribution in [3.05, 3.63) is 28.9 Å². The molecular weight excluding hydrogens is 272 g/mol. The van der Waals surface area contributed by atoms with E-state index in [2.05, 4.69) is 28.3 Å². The Morgan fingerprint density at radius 3 is 2.90 bits per heavy atom. The summed E-state index contributed by atoms with van der Waals surface area (Å²) in [5, 5.41) is 12.2. The molecule has 0 spiro atoms. The third-order valence-corrected chi connectivity index (χ3v) is 3.58. The Bertz CT molecular complexity index is 618. The van der Waals surface area contributed by atoms with Gasteiger partial charge < -0.3 is 10.1 Å². The number of aromatic nitrogens is 2. The minimum absolute atomic E-state index is 0.366. The van der Waals surface area contributed by atoms with Crippen molar-refractivity contribution in [2.45, 2.75) is 20.0 Å². The Morgan fingerprint density at radius 1 is 1.40 bits per heavy atom. The van der Waals surface area contributed by atoms with Crippen LogP contribution in [0.2, 0.25) is 0 Å². The first-order chi connectivity index (χ1) is 9.76. The van der Waals surface area contributed by atoms with E-state index in [9.17, 15) is 0 Å². The summed E-state index contributed by atoms with van der Waals surface area (Å²) in [6, 6.07) is 7.76. The fourth-order valence-electron chi connectivity index (χ4n) is 1.70. The monoisotopic (exact) mass is 288 g/mol. The third kappa shape index (κ3) is 3.53. The summed E-state index contributed by atoms with van der Waals surface area (Å²) in [4.78, 5) is 10.5. The maximum absolute atomic E-state index is 8.90. The Labute approximate surface area is 122 Å². The Morgan fingerprint density at radius 2 is 2.25 bits per heavy atom. The molecule has 0 amide bonds. The molecule has 0 fully saturated rings. The van der Waals surface area contributed by atoms with E-state index < -0.39 is 0 Å². The Balaban J connectivity index is 2.35. The number of nitriles is 1. The third-order valence-electron chi connectivity index (χ3n) is 2.57. The summed E-state index contributed by atoms with van der Waals surface area (Å²) in [5.74, 6) is 1.42. The lowest BCUT2D eigenvalue weighted by Crippen LogP contribution is -2.06. The molecule has 104 valence electrons. The molecule has 0 saturated carbocycles. The topological polar surface area (TPSA) is 70.8 Å². The van der Waals surface area contributed by atoms with Gasteiger partial charge in [-0.1, -0.05) is 6.92 Å². The van der Waals surface area contributed by atoms with E-state index >= 15 is 0 Å². The predicted octanol–water partition coefficient (Wildman–Crippen LogP) is 3.05. The molecule has 0 atom stereocenters. The van der Waals surface area contributed by atoms with Gasteiger partial charge >= 0.3 is 0 Å². The number of thiophene rings is 1. The summed E-state index contributed by atoms with van der Waals surface area (Å²) < 4.78 is 5.10. The number of ether oxygens (including phenoxy) is 1. The fraction of sp³-hybridized carbons (Fsp3) is 0.357. The molecule has 2 rings (SSSR count). The van der Waals surface area contributed by atoms with Crippen molar-refractivity contribution >= 4 is 17.2 Å². The van der Waals surface area contributed by atoms with Gasteiger partial charge in [-0.05, 0) is 18.6 Å². The van der Waals surface area contributed by atoms with Gasteiger partial charge in [0.2, 0.25) is 0 Å². The fourth-order valence-corrected chi connectivity index (χ4v) is 2.46. The number of nitrogens with zero attached hydrogens (tertiary/aromatic N) is 3. The summed E-state index contributed by atoms with van der Waals surface area (Å²) in [5.41, 5.74) is 0.817. The summed E-state index contributed by atoms with van der Waals surface area (Å²) in [6.07, 6.45) is 1.02. The number of hydrogen-bond acceptors (Lipinski definition) is 6. The summed E-state index contributed by atoms with van der Waals surface area (Å²) in [7, 11) is 1.62. The lowest BCUT2D eigenvalue weighted by Gasteiger charge is -2.08. The van der Waals surface area contributed by atoms with E-state index in [4.69, 9.17) is 10.00 Å². The minimum Gasteiger partial charge on any atom is -0.377 e. The molecule has 0 aliphatic heterocycles. The minimum atomic E-state index is 0.366. The maximum Gasteiger partial charge on any atom is 0.157 e. The van der Waals surface area contributed by atoms with Crippen LogP contribution in [0.3, 0.4) is 0 Å². The number of anilines is 1. The van der Waals surface area contributed by atoms with Crippen LogP contribution in [-0.2, 0) is 11.3 Å². The highest BCUT2D eigenvalue weighted by Gasteiger charge is 2.09. The molecular formula is C14H16N4OS. The molecule has 0 bridgehead atoms. The Kier molecular flexibility index (Phi) is 5.04. The van der Waals surface area contributed by atoms with Crippen LogP contribution in [0.1, 0.15) is 24.0 Å². The van der Waals surface area contributed by atoms with E-state index in [1.54, 1.807) is 13.2 Å². The molecule has 0 aromatic carbocycles. The van der Waals surface area contributed by atoms with E-state index in [1.165, 1.54) is 11.3 Å². The molecule has 0 radical (unpaired) electrons. The number of nitrogens with one attached hydrogen (secondary N) is 1. The molecule has 1 N–H and O–H groups in total. The van der Waals surface area contributed by atoms with Gasteiger partial charge in [0.25, 0.3) is 0 Å². The lowest BCUT2D eigenvalue weighted by atomic mass is 10.3. The number of hydrogen-bond donors (Lipinski definition) is 1. The highest BCUT2D eigenvalue weighted by molar-refractivity contribution is 7.15. The van der Waals surface area contributed by atoms with E-state index in [-0.39, 0.29) is 0 Å². The zero-order valence-electron chi connectivity index (χ0n) is 11.5. The van der Waals surface area contributed by atoms with Crippen LogP contribution in [-0.4, -0.2) is 23.6 Å². The van der Waals surface area contributed by atoms with Crippen LogP contribution in [0.5, 0.6) is 0 Å². The first-order valence-electron chi connectivity index (χ1n) is 6.38. The first-order valence-corrected chi connectivity index (χ1v) is 7.19. The predicted molar refractivity (Wildman–Crippen MR) is 79.6 cm³/mol. The number of rotatable bonds is 6. The van der Waals surface area contributed by atoms with Crippen molar-refractivity contribution in [2.24, 2.45) is 0 Å². The maximum atomic E-state index is 8.90. The van der Waals surface area contributed by atoms with Crippen LogP contribution in [0, 0.1) is 11.3 Å². The van der Waals surface area contributed by atoms with E-state index in [1.807, 2.05) is 12.1 Å². The number of methoxy groups -OCH3 is 1. The van der Waals surface area contributed by atoms with Crippen LogP contribution in [0.15, 0.2) is 18.2 Å². The van der Waals surface area contributed by atoms with Crippen LogP contribution >= 0.6 is 11.3 Å². The second-order valence-electron chi connectivity index (χ2n) is 4.19. The zero-order chi connectivity index (χ0) is 14.4. The smallest absolute Gasteiger partial charge is 0.157 e. The SMILES string of the molecule is CCCNc1cc(-c2ccc(C#N)s2)nc(COC)n1. The molecule has 2 aromatic heterocycles. The van der Waals surface area contributed by atoms with Gasteiger partial charge in [0.05, 0.1) is 10.6 Å². The quantitative estimate of drug-likeness (QED) is 0.884. The van der Waals surface area contributed by atoms with Crippen LogP contribution < -0.4 is 5.32 Å². The van der Waals surface area contributed by atoms with Gasteiger partial charge in [0.1, 0.15) is 23.4 Å². The zero-order valence-corrected chi connectivity index (χ0v) is 12.3. The van der Waals surface area contributed by atoms with Crippen molar-refractivity contribution in [3.63, 3.8) is 0 Å². The van der Waals surface area contributed by atoms with Gasteiger partial charge in [-0.15, -0.1) is 11.3 Å². The molecule has 20 heavy (non-hydrogen) atoms. The highest BCUT2D eigenvalue weighted by Crippen LogP contribution is 2.27. The standard InChI is InChI=1S/C14H16N4OS/c1-3-6-16-13-7-11(17-14(18-13)9-19-2)12-5-4-10(8-15)20-12/h4-5,7H,3,6,9H2,1-2H3,(H,16,17,18). The molecule has 6 heteroatoms. The molecule has 2 heterocycles. The summed E-state index contributed by atoms with van der Waals surface area (Å²) >= 11 is 1.43. The molecule has 0 aliphatic carbocycles. The van der Waals surface area contributed by atoms with Gasteiger partial charge in [-0.25, -0.2) is 9.97 Å². The van der Waals surface area contributed by atoms with Crippen molar-refractivity contribution in [1.29, 1.82) is 5.26 Å². The molecule has 5 nitrogen and oxygen atoms in total. The molecule has 0 saturated heterocycles. The largest absolute Gasteiger partial charge is 0.377 e. The van der Waals surface area contributed by atoms with Gasteiger partial charge in [-0.2, -0.15) is 5.26 Å². The summed E-state index contributed by atoms with van der Waals surface area (Å²) in [6.45, 7) is 3.32. The Hall–Kier alpha value is -1.97. The van der Waals surface area contributed by atoms with E-state index in [0.29, 0.717) is 17.3 Å². The van der Waals surface area contributed by atoms with Crippen LogP contribution in [0.25, 0.3) is 10.6 Å². The molecule has 0 unspecified atom stereocenters. The molecule has 2 aromatic rings. The van der Waals surface area contributed by atoms with Gasteiger partial charge in [0.15, 0.2) is 5.82 Å². The van der Waals surface area contributed by atoms with Crippen molar-refractivity contribution < 1.29 is 4.74 Å². The second-order valence-corrected chi connectivity index (χ2v) is 5.27. The van der Waals surface area contributed by atoms with Gasteiger partial charge in [0, 0.05) is 19.7 Å². The van der Waals surface area contributed by atoms with E-state index in [0.717, 1.165) is 29.4 Å². The normalized spacial score (nSPS) is 10.2. The average molecular weight is 288 g/mol. The first kappa shape index (κ1) is 14.4. The van der Waals surface area contributed by atoms with Crippen molar-refractivity contribution in [3.8, 4) is 16.6 Å². The van der Waals surface area contributed by atoms with Crippen LogP contribution in [0.4, 0.5) is 5.82 Å². The average Bonchev–Trinajstić information content (AvgIpc) is 2.94. The molecule has 0 aliphatic rings. The lowest BCUT2D eigenvalue weighted by molar-refractivity contribution is 0.178.